The number of hydrogen-bond donors (Lipinski definition) is 1. The van der Waals surface area contributed by atoms with Crippen LogP contribution in [-0.2, 0) is 9.53 Å². The van der Waals surface area contributed by atoms with E-state index < -0.39 is 5.97 Å². The van der Waals surface area contributed by atoms with Gasteiger partial charge in [0.05, 0.1) is 6.10 Å². The molecule has 94 valence electrons. The molecule has 1 N–H and O–H groups in total. The Hall–Kier alpha value is -0.610. The standard InChI is InChI=1S/C12H23NO3/c1-4-16-10-6-5-7-13(8-10)11(9(2)3)12(14)15/h9-11H,4-8H2,1-3H3,(H,14,15). The molecule has 0 bridgehead atoms. The van der Waals surface area contributed by atoms with Crippen molar-refractivity contribution in [3.8, 4) is 0 Å². The Kier molecular flexibility index (Phi) is 5.22. The third kappa shape index (κ3) is 3.46. The topological polar surface area (TPSA) is 49.8 Å². The minimum atomic E-state index is -0.716. The van der Waals surface area contributed by atoms with Crippen LogP contribution in [0.25, 0.3) is 0 Å². The van der Waals surface area contributed by atoms with Crippen molar-refractivity contribution in [1.82, 2.24) is 4.90 Å². The first-order valence-corrected chi connectivity index (χ1v) is 6.14. The molecule has 0 radical (unpaired) electrons. The van der Waals surface area contributed by atoms with E-state index in [1.165, 1.54) is 0 Å². The maximum atomic E-state index is 11.2. The van der Waals surface area contributed by atoms with Gasteiger partial charge in [-0.3, -0.25) is 9.69 Å². The van der Waals surface area contributed by atoms with Crippen molar-refractivity contribution >= 4 is 5.97 Å². The third-order valence-electron chi connectivity index (χ3n) is 3.09. The lowest BCUT2D eigenvalue weighted by Crippen LogP contribution is -2.51. The van der Waals surface area contributed by atoms with E-state index in [1.807, 2.05) is 20.8 Å². The Bertz CT molecular complexity index is 228. The summed E-state index contributed by atoms with van der Waals surface area (Å²) in [7, 11) is 0. The smallest absolute Gasteiger partial charge is 0.321 e. The predicted molar refractivity (Wildman–Crippen MR) is 62.5 cm³/mol. The number of aliphatic carboxylic acids is 1. The van der Waals surface area contributed by atoms with Gasteiger partial charge in [0.2, 0.25) is 0 Å². The molecule has 1 fully saturated rings. The number of likely N-dealkylation sites (tertiary alicyclic amines) is 1. The van der Waals surface area contributed by atoms with E-state index in [-0.39, 0.29) is 18.1 Å². The normalized spacial score (nSPS) is 24.6. The lowest BCUT2D eigenvalue weighted by Gasteiger charge is -2.37. The molecule has 0 spiro atoms. The number of hydrogen-bond acceptors (Lipinski definition) is 3. The lowest BCUT2D eigenvalue weighted by atomic mass is 9.98. The maximum absolute atomic E-state index is 11.2. The molecule has 16 heavy (non-hydrogen) atoms. The van der Waals surface area contributed by atoms with Crippen LogP contribution in [0.1, 0.15) is 33.6 Å². The number of piperidine rings is 1. The number of nitrogens with zero attached hydrogens (tertiary/aromatic N) is 1. The molecule has 1 heterocycles. The van der Waals surface area contributed by atoms with Crippen LogP contribution in [0.5, 0.6) is 0 Å². The summed E-state index contributed by atoms with van der Waals surface area (Å²) in [5.41, 5.74) is 0. The maximum Gasteiger partial charge on any atom is 0.321 e. The summed E-state index contributed by atoms with van der Waals surface area (Å²) < 4.78 is 5.59. The molecule has 0 aromatic heterocycles. The quantitative estimate of drug-likeness (QED) is 0.778. The summed E-state index contributed by atoms with van der Waals surface area (Å²) in [6, 6.07) is -0.372. The average Bonchev–Trinajstić information content (AvgIpc) is 2.17. The van der Waals surface area contributed by atoms with E-state index in [2.05, 4.69) is 4.90 Å². The molecule has 0 aliphatic carbocycles. The summed E-state index contributed by atoms with van der Waals surface area (Å²) in [5, 5.41) is 9.23. The van der Waals surface area contributed by atoms with E-state index in [9.17, 15) is 9.90 Å². The van der Waals surface area contributed by atoms with Crippen molar-refractivity contribution in [2.45, 2.75) is 45.8 Å². The van der Waals surface area contributed by atoms with Crippen LogP contribution in [0.15, 0.2) is 0 Å². The van der Waals surface area contributed by atoms with E-state index in [1.54, 1.807) is 0 Å². The second kappa shape index (κ2) is 6.21. The summed E-state index contributed by atoms with van der Waals surface area (Å²) in [4.78, 5) is 13.3. The van der Waals surface area contributed by atoms with Crippen molar-refractivity contribution in [3.63, 3.8) is 0 Å². The van der Waals surface area contributed by atoms with Crippen LogP contribution in [0, 0.1) is 5.92 Å². The van der Waals surface area contributed by atoms with Crippen LogP contribution >= 0.6 is 0 Å². The van der Waals surface area contributed by atoms with Gasteiger partial charge in [0, 0.05) is 13.2 Å². The Labute approximate surface area is 97.6 Å². The lowest BCUT2D eigenvalue weighted by molar-refractivity contribution is -0.147. The predicted octanol–water partition coefficient (Wildman–Crippen LogP) is 1.60. The number of carboxylic acids is 1. The molecule has 0 saturated carbocycles. The van der Waals surface area contributed by atoms with Gasteiger partial charge in [0.15, 0.2) is 0 Å². The van der Waals surface area contributed by atoms with Crippen molar-refractivity contribution in [1.29, 1.82) is 0 Å². The zero-order valence-electron chi connectivity index (χ0n) is 10.5. The second-order valence-electron chi connectivity index (χ2n) is 4.74. The highest BCUT2D eigenvalue weighted by Gasteiger charge is 2.32. The molecule has 1 rings (SSSR count). The van der Waals surface area contributed by atoms with Crippen LogP contribution in [-0.4, -0.2) is 47.8 Å². The van der Waals surface area contributed by atoms with E-state index in [0.717, 1.165) is 25.9 Å². The van der Waals surface area contributed by atoms with E-state index in [4.69, 9.17) is 4.74 Å². The number of carbonyl (C=O) groups is 1. The zero-order chi connectivity index (χ0) is 12.1. The first-order chi connectivity index (χ1) is 7.56. The highest BCUT2D eigenvalue weighted by atomic mass is 16.5. The Balaban J connectivity index is 2.59. The van der Waals surface area contributed by atoms with Gasteiger partial charge in [-0.05, 0) is 32.2 Å². The van der Waals surface area contributed by atoms with Gasteiger partial charge < -0.3 is 9.84 Å². The number of carboxylic acid groups (broad SMARTS) is 1. The number of ether oxygens (including phenoxy) is 1. The summed E-state index contributed by atoms with van der Waals surface area (Å²) in [6.07, 6.45) is 2.29. The van der Waals surface area contributed by atoms with Crippen LogP contribution in [0.3, 0.4) is 0 Å². The Morgan fingerprint density at radius 3 is 2.75 bits per heavy atom. The fourth-order valence-electron chi connectivity index (χ4n) is 2.45. The first kappa shape index (κ1) is 13.5. The minimum absolute atomic E-state index is 0.137. The van der Waals surface area contributed by atoms with Gasteiger partial charge >= 0.3 is 5.97 Å². The second-order valence-corrected chi connectivity index (χ2v) is 4.74. The minimum Gasteiger partial charge on any atom is -0.480 e. The van der Waals surface area contributed by atoms with Gasteiger partial charge in [-0.1, -0.05) is 13.8 Å². The van der Waals surface area contributed by atoms with Crippen molar-refractivity contribution < 1.29 is 14.6 Å². The molecular formula is C12H23NO3. The van der Waals surface area contributed by atoms with Crippen LogP contribution < -0.4 is 0 Å². The Morgan fingerprint density at radius 2 is 2.25 bits per heavy atom. The fourth-order valence-corrected chi connectivity index (χ4v) is 2.45. The molecule has 4 nitrogen and oxygen atoms in total. The average molecular weight is 229 g/mol. The molecule has 2 atom stereocenters. The summed E-state index contributed by atoms with van der Waals surface area (Å²) in [5.74, 6) is -0.579. The molecule has 0 amide bonds. The SMILES string of the molecule is CCOC1CCCN(C(C(=O)O)C(C)C)C1. The van der Waals surface area contributed by atoms with Crippen LogP contribution in [0.4, 0.5) is 0 Å². The molecule has 2 unspecified atom stereocenters. The molecule has 0 aromatic carbocycles. The van der Waals surface area contributed by atoms with Crippen molar-refractivity contribution in [2.24, 2.45) is 5.92 Å². The summed E-state index contributed by atoms with van der Waals surface area (Å²) in [6.45, 7) is 8.24. The highest BCUT2D eigenvalue weighted by molar-refractivity contribution is 5.73. The fraction of sp³-hybridized carbons (Fsp3) is 0.917. The van der Waals surface area contributed by atoms with E-state index in [0.29, 0.717) is 6.61 Å². The highest BCUT2D eigenvalue weighted by Crippen LogP contribution is 2.19. The largest absolute Gasteiger partial charge is 0.480 e. The molecule has 1 aliphatic heterocycles. The van der Waals surface area contributed by atoms with Gasteiger partial charge in [0.25, 0.3) is 0 Å². The first-order valence-electron chi connectivity index (χ1n) is 6.14. The van der Waals surface area contributed by atoms with Crippen LogP contribution in [0.2, 0.25) is 0 Å². The van der Waals surface area contributed by atoms with Gasteiger partial charge in [-0.25, -0.2) is 0 Å². The molecule has 1 aliphatic rings. The van der Waals surface area contributed by atoms with Gasteiger partial charge in [-0.15, -0.1) is 0 Å². The molecule has 1 saturated heterocycles. The van der Waals surface area contributed by atoms with Gasteiger partial charge in [0.1, 0.15) is 6.04 Å². The van der Waals surface area contributed by atoms with Gasteiger partial charge in [-0.2, -0.15) is 0 Å². The van der Waals surface area contributed by atoms with Crippen molar-refractivity contribution in [3.05, 3.63) is 0 Å². The summed E-state index contributed by atoms with van der Waals surface area (Å²) >= 11 is 0. The monoisotopic (exact) mass is 229 g/mol. The molecular weight excluding hydrogens is 206 g/mol. The molecule has 4 heteroatoms. The molecule has 0 aromatic rings. The third-order valence-corrected chi connectivity index (χ3v) is 3.09. The Morgan fingerprint density at radius 1 is 1.56 bits per heavy atom. The zero-order valence-corrected chi connectivity index (χ0v) is 10.5. The van der Waals surface area contributed by atoms with Crippen molar-refractivity contribution in [2.75, 3.05) is 19.7 Å². The van der Waals surface area contributed by atoms with E-state index >= 15 is 0 Å². The number of rotatable bonds is 5.